The van der Waals surface area contributed by atoms with Crippen molar-refractivity contribution in [1.29, 1.82) is 0 Å². The standard InChI is InChI=1S/C11H7Cl3FN3O2S/c1-18(10-7(12)5-16-11(13)17-10)8-3-2-6(15)4-9(8)21(14,19)20/h2-5H,1H3. The molecule has 0 amide bonds. The highest BCUT2D eigenvalue weighted by molar-refractivity contribution is 8.13. The van der Waals surface area contributed by atoms with Gasteiger partial charge in [-0.25, -0.2) is 17.8 Å². The van der Waals surface area contributed by atoms with Crippen LogP contribution in [0.2, 0.25) is 10.3 Å². The Morgan fingerprint density at radius 3 is 2.57 bits per heavy atom. The van der Waals surface area contributed by atoms with Gasteiger partial charge in [0.25, 0.3) is 9.05 Å². The van der Waals surface area contributed by atoms with Crippen molar-refractivity contribution in [2.75, 3.05) is 11.9 Å². The summed E-state index contributed by atoms with van der Waals surface area (Å²) in [4.78, 5) is 8.52. The summed E-state index contributed by atoms with van der Waals surface area (Å²) in [6.07, 6.45) is 1.26. The van der Waals surface area contributed by atoms with Crippen LogP contribution in [0.3, 0.4) is 0 Å². The van der Waals surface area contributed by atoms with Crippen molar-refractivity contribution in [3.05, 3.63) is 40.5 Å². The molecule has 2 aromatic rings. The van der Waals surface area contributed by atoms with E-state index in [0.29, 0.717) is 0 Å². The van der Waals surface area contributed by atoms with Crippen LogP contribution in [0.4, 0.5) is 15.9 Å². The first-order chi connectivity index (χ1) is 9.70. The molecule has 21 heavy (non-hydrogen) atoms. The smallest absolute Gasteiger partial charge is 0.263 e. The zero-order valence-corrected chi connectivity index (χ0v) is 13.5. The lowest BCUT2D eigenvalue weighted by atomic mass is 10.3. The predicted octanol–water partition coefficient (Wildman–Crippen LogP) is 3.62. The Kier molecular flexibility index (Phi) is 4.57. The fourth-order valence-corrected chi connectivity index (χ4v) is 3.07. The van der Waals surface area contributed by atoms with Gasteiger partial charge in [-0.1, -0.05) is 11.6 Å². The highest BCUT2D eigenvalue weighted by Gasteiger charge is 2.22. The van der Waals surface area contributed by atoms with Crippen LogP contribution in [0.5, 0.6) is 0 Å². The van der Waals surface area contributed by atoms with Crippen LogP contribution < -0.4 is 4.90 Å². The van der Waals surface area contributed by atoms with Crippen LogP contribution in [-0.4, -0.2) is 25.4 Å². The van der Waals surface area contributed by atoms with E-state index in [1.807, 2.05) is 0 Å². The maximum absolute atomic E-state index is 13.3. The average molecular weight is 371 g/mol. The molecule has 0 aliphatic heterocycles. The maximum Gasteiger partial charge on any atom is 0.263 e. The van der Waals surface area contributed by atoms with Gasteiger partial charge in [-0.2, -0.15) is 4.98 Å². The third-order valence-electron chi connectivity index (χ3n) is 2.56. The molecule has 5 nitrogen and oxygen atoms in total. The third-order valence-corrected chi connectivity index (χ3v) is 4.36. The van der Waals surface area contributed by atoms with Gasteiger partial charge in [0.15, 0.2) is 5.82 Å². The normalized spacial score (nSPS) is 11.5. The number of aromatic nitrogens is 2. The lowest BCUT2D eigenvalue weighted by Gasteiger charge is -2.21. The fourth-order valence-electron chi connectivity index (χ4n) is 1.65. The van der Waals surface area contributed by atoms with Gasteiger partial charge < -0.3 is 4.90 Å². The van der Waals surface area contributed by atoms with E-state index in [1.54, 1.807) is 0 Å². The number of halogens is 4. The van der Waals surface area contributed by atoms with Crippen LogP contribution >= 0.6 is 33.9 Å². The molecule has 0 spiro atoms. The average Bonchev–Trinajstić information content (AvgIpc) is 2.40. The molecule has 0 bridgehead atoms. The van der Waals surface area contributed by atoms with E-state index in [4.69, 9.17) is 33.9 Å². The summed E-state index contributed by atoms with van der Waals surface area (Å²) in [6.45, 7) is 0. The second kappa shape index (κ2) is 5.92. The highest BCUT2D eigenvalue weighted by Crippen LogP contribution is 2.34. The summed E-state index contributed by atoms with van der Waals surface area (Å²) >= 11 is 11.6. The van der Waals surface area contributed by atoms with Crippen molar-refractivity contribution in [2.24, 2.45) is 0 Å². The van der Waals surface area contributed by atoms with Crippen molar-refractivity contribution in [1.82, 2.24) is 9.97 Å². The number of hydrogen-bond donors (Lipinski definition) is 0. The van der Waals surface area contributed by atoms with E-state index < -0.39 is 19.8 Å². The number of anilines is 2. The molecular weight excluding hydrogens is 364 g/mol. The minimum Gasteiger partial charge on any atom is -0.327 e. The van der Waals surface area contributed by atoms with E-state index in [1.165, 1.54) is 24.2 Å². The molecule has 0 radical (unpaired) electrons. The van der Waals surface area contributed by atoms with Crippen LogP contribution in [0.1, 0.15) is 0 Å². The Hall–Kier alpha value is -1.15. The van der Waals surface area contributed by atoms with Crippen LogP contribution in [0.15, 0.2) is 29.3 Å². The molecule has 0 saturated heterocycles. The van der Waals surface area contributed by atoms with E-state index >= 15 is 0 Å². The molecule has 0 N–H and O–H groups in total. The van der Waals surface area contributed by atoms with Gasteiger partial charge in [0.2, 0.25) is 5.28 Å². The quantitative estimate of drug-likeness (QED) is 0.610. The second-order valence-corrected chi connectivity index (χ2v) is 7.20. The first-order valence-electron chi connectivity index (χ1n) is 5.36. The minimum atomic E-state index is -4.16. The topological polar surface area (TPSA) is 63.2 Å². The van der Waals surface area contributed by atoms with Crippen LogP contribution in [-0.2, 0) is 9.05 Å². The lowest BCUT2D eigenvalue weighted by molar-refractivity contribution is 0.602. The highest BCUT2D eigenvalue weighted by atomic mass is 35.7. The van der Waals surface area contributed by atoms with Crippen molar-refractivity contribution >= 4 is 54.4 Å². The SMILES string of the molecule is CN(c1ccc(F)cc1S(=O)(=O)Cl)c1nc(Cl)ncc1Cl. The van der Waals surface area contributed by atoms with Gasteiger partial charge in [0.05, 0.1) is 11.9 Å². The first-order valence-corrected chi connectivity index (χ1v) is 8.42. The van der Waals surface area contributed by atoms with Crippen molar-refractivity contribution in [2.45, 2.75) is 4.90 Å². The van der Waals surface area contributed by atoms with Crippen LogP contribution in [0, 0.1) is 5.82 Å². The molecule has 0 atom stereocenters. The fraction of sp³-hybridized carbons (Fsp3) is 0.0909. The molecule has 0 saturated carbocycles. The van der Waals surface area contributed by atoms with E-state index in [0.717, 1.165) is 12.1 Å². The van der Waals surface area contributed by atoms with Crippen molar-refractivity contribution in [3.63, 3.8) is 0 Å². The molecular formula is C11H7Cl3FN3O2S. The van der Waals surface area contributed by atoms with E-state index in [9.17, 15) is 12.8 Å². The molecule has 1 heterocycles. The number of nitrogens with zero attached hydrogens (tertiary/aromatic N) is 3. The molecule has 2 rings (SSSR count). The van der Waals surface area contributed by atoms with Crippen LogP contribution in [0.25, 0.3) is 0 Å². The van der Waals surface area contributed by atoms with E-state index in [2.05, 4.69) is 9.97 Å². The summed E-state index contributed by atoms with van der Waals surface area (Å²) in [5.74, 6) is -0.581. The zero-order valence-electron chi connectivity index (χ0n) is 10.4. The largest absolute Gasteiger partial charge is 0.327 e. The Labute approximate surface area is 134 Å². The summed E-state index contributed by atoms with van der Waals surface area (Å²) in [7, 11) is 2.65. The van der Waals surface area contributed by atoms with Gasteiger partial charge >= 0.3 is 0 Å². The molecule has 10 heteroatoms. The minimum absolute atomic E-state index is 0.0707. The zero-order chi connectivity index (χ0) is 15.8. The monoisotopic (exact) mass is 369 g/mol. The van der Waals surface area contributed by atoms with Gasteiger partial charge in [0.1, 0.15) is 15.7 Å². The molecule has 0 unspecified atom stereocenters. The third kappa shape index (κ3) is 3.55. The Balaban J connectivity index is 2.64. The van der Waals surface area contributed by atoms with Crippen molar-refractivity contribution in [3.8, 4) is 0 Å². The van der Waals surface area contributed by atoms with E-state index in [-0.39, 0.29) is 21.8 Å². The van der Waals surface area contributed by atoms with Crippen molar-refractivity contribution < 1.29 is 12.8 Å². The molecule has 0 fully saturated rings. The predicted molar refractivity (Wildman–Crippen MR) is 79.6 cm³/mol. The summed E-state index contributed by atoms with van der Waals surface area (Å²) in [5, 5.41) is 0.0720. The van der Waals surface area contributed by atoms with Gasteiger partial charge in [0, 0.05) is 17.7 Å². The molecule has 1 aromatic carbocycles. The molecule has 0 aliphatic carbocycles. The summed E-state index contributed by atoms with van der Waals surface area (Å²) < 4.78 is 36.4. The molecule has 0 aliphatic rings. The first kappa shape index (κ1) is 16.2. The Morgan fingerprint density at radius 2 is 1.95 bits per heavy atom. The summed E-state index contributed by atoms with van der Waals surface area (Å²) in [6, 6.07) is 3.15. The number of hydrogen-bond acceptors (Lipinski definition) is 5. The van der Waals surface area contributed by atoms with Gasteiger partial charge in [-0.3, -0.25) is 0 Å². The Bertz CT molecular complexity index is 801. The maximum atomic E-state index is 13.3. The molecule has 112 valence electrons. The second-order valence-electron chi connectivity index (χ2n) is 3.92. The number of benzene rings is 1. The van der Waals surface area contributed by atoms with Gasteiger partial charge in [-0.05, 0) is 29.8 Å². The lowest BCUT2D eigenvalue weighted by Crippen LogP contribution is -2.15. The number of rotatable bonds is 3. The van der Waals surface area contributed by atoms with Gasteiger partial charge in [-0.15, -0.1) is 0 Å². The Morgan fingerprint density at radius 1 is 1.29 bits per heavy atom. The molecule has 1 aromatic heterocycles. The summed E-state index contributed by atoms with van der Waals surface area (Å²) in [5.41, 5.74) is 0.100.